The van der Waals surface area contributed by atoms with Crippen LogP contribution in [0.15, 0.2) is 12.7 Å². The maximum atomic E-state index is 12.0. The third kappa shape index (κ3) is 2.80. The van der Waals surface area contributed by atoms with Gasteiger partial charge in [-0.05, 0) is 25.2 Å². The molecule has 1 nitrogen and oxygen atoms in total. The predicted molar refractivity (Wildman–Crippen MR) is 71.0 cm³/mol. The first-order valence-corrected chi connectivity index (χ1v) is 6.14. The summed E-state index contributed by atoms with van der Waals surface area (Å²) in [6, 6.07) is 0. The Labute approximate surface area is 105 Å². The summed E-state index contributed by atoms with van der Waals surface area (Å²) in [5.41, 5.74) is -0.272. The van der Waals surface area contributed by atoms with Crippen LogP contribution in [0.3, 0.4) is 0 Å². The van der Waals surface area contributed by atoms with Crippen molar-refractivity contribution in [2.75, 3.05) is 0 Å². The second kappa shape index (κ2) is 5.74. The molecule has 0 heterocycles. The average molecular weight is 228 g/mol. The van der Waals surface area contributed by atoms with Crippen molar-refractivity contribution >= 4 is 5.78 Å². The third-order valence-electron chi connectivity index (χ3n) is 4.03. The first kappa shape index (κ1) is 13.6. The lowest BCUT2D eigenvalue weighted by molar-refractivity contribution is -0.126. The van der Waals surface area contributed by atoms with Crippen molar-refractivity contribution in [3.63, 3.8) is 0 Å². The molecule has 0 saturated heterocycles. The molecule has 1 heteroatoms. The molecule has 1 aliphatic rings. The summed E-state index contributed by atoms with van der Waals surface area (Å²) < 4.78 is 0. The molecule has 1 rings (SSSR count). The van der Waals surface area contributed by atoms with Crippen LogP contribution < -0.4 is 0 Å². The Balaban J connectivity index is 2.66. The number of carbonyl (C=O) groups excluding carboxylic acids is 1. The zero-order chi connectivity index (χ0) is 12.9. The van der Waals surface area contributed by atoms with E-state index in [1.165, 1.54) is 0 Å². The summed E-state index contributed by atoms with van der Waals surface area (Å²) in [7, 11) is 0. The molecule has 0 radical (unpaired) electrons. The SMILES string of the molecule is C#CCC(C#C)CC[C@]1(C)C(=O)CC[C@H]1C=C. The van der Waals surface area contributed by atoms with Crippen LogP contribution in [-0.2, 0) is 4.79 Å². The van der Waals surface area contributed by atoms with E-state index in [1.54, 1.807) is 0 Å². The van der Waals surface area contributed by atoms with E-state index < -0.39 is 0 Å². The van der Waals surface area contributed by atoms with Gasteiger partial charge in [-0.25, -0.2) is 0 Å². The van der Waals surface area contributed by atoms with Crippen LogP contribution in [0.2, 0.25) is 0 Å². The largest absolute Gasteiger partial charge is 0.299 e. The van der Waals surface area contributed by atoms with Crippen molar-refractivity contribution in [3.8, 4) is 24.7 Å². The van der Waals surface area contributed by atoms with E-state index >= 15 is 0 Å². The van der Waals surface area contributed by atoms with E-state index in [-0.39, 0.29) is 11.3 Å². The minimum absolute atomic E-state index is 0.0932. The highest BCUT2D eigenvalue weighted by Crippen LogP contribution is 2.45. The van der Waals surface area contributed by atoms with Crippen molar-refractivity contribution in [1.82, 2.24) is 0 Å². The number of hydrogen-bond acceptors (Lipinski definition) is 1. The molecule has 3 atom stereocenters. The molecule has 0 aromatic rings. The van der Waals surface area contributed by atoms with E-state index in [9.17, 15) is 4.79 Å². The molecule has 0 aliphatic heterocycles. The molecule has 1 saturated carbocycles. The first-order chi connectivity index (χ1) is 8.08. The smallest absolute Gasteiger partial charge is 0.139 e. The highest BCUT2D eigenvalue weighted by atomic mass is 16.1. The van der Waals surface area contributed by atoms with Gasteiger partial charge in [0.2, 0.25) is 0 Å². The molecule has 0 N–H and O–H groups in total. The van der Waals surface area contributed by atoms with Gasteiger partial charge in [0, 0.05) is 24.2 Å². The second-order valence-electron chi connectivity index (χ2n) is 5.03. The van der Waals surface area contributed by atoms with Crippen molar-refractivity contribution < 1.29 is 4.79 Å². The Morgan fingerprint density at radius 1 is 1.65 bits per heavy atom. The number of terminal acetylenes is 2. The van der Waals surface area contributed by atoms with Gasteiger partial charge in [0.1, 0.15) is 5.78 Å². The minimum Gasteiger partial charge on any atom is -0.299 e. The van der Waals surface area contributed by atoms with Crippen molar-refractivity contribution in [1.29, 1.82) is 0 Å². The van der Waals surface area contributed by atoms with Crippen LogP contribution in [0.1, 0.15) is 39.0 Å². The van der Waals surface area contributed by atoms with Gasteiger partial charge in [0.25, 0.3) is 0 Å². The number of hydrogen-bond donors (Lipinski definition) is 0. The first-order valence-electron chi connectivity index (χ1n) is 6.14. The second-order valence-corrected chi connectivity index (χ2v) is 5.03. The van der Waals surface area contributed by atoms with Crippen LogP contribution in [0.4, 0.5) is 0 Å². The van der Waals surface area contributed by atoms with Crippen molar-refractivity contribution in [3.05, 3.63) is 12.7 Å². The predicted octanol–water partition coefficient (Wildman–Crippen LogP) is 3.21. The third-order valence-corrected chi connectivity index (χ3v) is 4.03. The summed E-state index contributed by atoms with van der Waals surface area (Å²) in [4.78, 5) is 12.0. The van der Waals surface area contributed by atoms with Gasteiger partial charge in [-0.3, -0.25) is 4.79 Å². The standard InChI is InChI=1S/C16H20O/c1-5-8-13(6-2)11-12-16(4)14(7-3)9-10-15(16)17/h1-2,7,13-14H,3,8-12H2,4H3/t13?,14-,16+/m1/s1. The number of Topliss-reactive ketones (excluding diaryl/α,β-unsaturated/α-hetero) is 1. The van der Waals surface area contributed by atoms with Crippen LogP contribution in [0, 0.1) is 41.9 Å². The lowest BCUT2D eigenvalue weighted by Gasteiger charge is -2.28. The van der Waals surface area contributed by atoms with E-state index in [0.29, 0.717) is 24.5 Å². The fourth-order valence-electron chi connectivity index (χ4n) is 2.66. The molecular formula is C16H20O. The number of ketones is 1. The maximum absolute atomic E-state index is 12.0. The molecule has 90 valence electrons. The zero-order valence-corrected chi connectivity index (χ0v) is 10.5. The van der Waals surface area contributed by atoms with E-state index in [0.717, 1.165) is 19.3 Å². The number of carbonyl (C=O) groups is 1. The van der Waals surface area contributed by atoms with Crippen LogP contribution >= 0.6 is 0 Å². The van der Waals surface area contributed by atoms with Gasteiger partial charge in [0.15, 0.2) is 0 Å². The number of allylic oxidation sites excluding steroid dienone is 1. The highest BCUT2D eigenvalue weighted by Gasteiger charge is 2.43. The average Bonchev–Trinajstić information content (AvgIpc) is 2.61. The zero-order valence-electron chi connectivity index (χ0n) is 10.5. The molecule has 17 heavy (non-hydrogen) atoms. The molecule has 1 unspecified atom stereocenters. The van der Waals surface area contributed by atoms with Crippen LogP contribution in [0.25, 0.3) is 0 Å². The summed E-state index contributed by atoms with van der Waals surface area (Å²) >= 11 is 0. The molecule has 0 spiro atoms. The normalized spacial score (nSPS) is 29.4. The molecule has 1 aliphatic carbocycles. The van der Waals surface area contributed by atoms with Crippen LogP contribution in [0.5, 0.6) is 0 Å². The monoisotopic (exact) mass is 228 g/mol. The Kier molecular flexibility index (Phi) is 4.59. The maximum Gasteiger partial charge on any atom is 0.139 e. The molecule has 0 amide bonds. The van der Waals surface area contributed by atoms with Gasteiger partial charge in [-0.1, -0.05) is 13.0 Å². The summed E-state index contributed by atoms with van der Waals surface area (Å²) in [5, 5.41) is 0. The highest BCUT2D eigenvalue weighted by molar-refractivity contribution is 5.87. The van der Waals surface area contributed by atoms with Crippen LogP contribution in [-0.4, -0.2) is 5.78 Å². The van der Waals surface area contributed by atoms with E-state index in [1.807, 2.05) is 13.0 Å². The van der Waals surface area contributed by atoms with Crippen molar-refractivity contribution in [2.24, 2.45) is 17.3 Å². The summed E-state index contributed by atoms with van der Waals surface area (Å²) in [6.07, 6.45) is 16.5. The van der Waals surface area contributed by atoms with E-state index in [4.69, 9.17) is 12.8 Å². The Hall–Kier alpha value is -1.47. The molecule has 0 bridgehead atoms. The van der Waals surface area contributed by atoms with Gasteiger partial charge in [-0.15, -0.1) is 31.3 Å². The Morgan fingerprint density at radius 2 is 2.35 bits per heavy atom. The van der Waals surface area contributed by atoms with Gasteiger partial charge < -0.3 is 0 Å². The Morgan fingerprint density at radius 3 is 2.88 bits per heavy atom. The van der Waals surface area contributed by atoms with Gasteiger partial charge >= 0.3 is 0 Å². The molecule has 0 aromatic heterocycles. The fraction of sp³-hybridized carbons (Fsp3) is 0.562. The lowest BCUT2D eigenvalue weighted by Crippen LogP contribution is -2.28. The minimum atomic E-state index is -0.272. The summed E-state index contributed by atoms with van der Waals surface area (Å²) in [5.74, 6) is 6.04. The Bertz CT molecular complexity index is 379. The van der Waals surface area contributed by atoms with Crippen molar-refractivity contribution in [2.45, 2.75) is 39.0 Å². The quantitative estimate of drug-likeness (QED) is 0.521. The molecular weight excluding hydrogens is 208 g/mol. The lowest BCUT2D eigenvalue weighted by atomic mass is 9.74. The number of rotatable bonds is 5. The van der Waals surface area contributed by atoms with E-state index in [2.05, 4.69) is 18.4 Å². The molecule has 0 aromatic carbocycles. The summed E-state index contributed by atoms with van der Waals surface area (Å²) in [6.45, 7) is 5.87. The van der Waals surface area contributed by atoms with Gasteiger partial charge in [-0.2, -0.15) is 0 Å². The molecule has 1 fully saturated rings. The van der Waals surface area contributed by atoms with Gasteiger partial charge in [0.05, 0.1) is 0 Å². The fourth-order valence-corrected chi connectivity index (χ4v) is 2.66. The topological polar surface area (TPSA) is 17.1 Å².